The highest BCUT2D eigenvalue weighted by Crippen LogP contribution is 2.20. The normalized spacial score (nSPS) is 14.6. The van der Waals surface area contributed by atoms with Gasteiger partial charge in [0.2, 0.25) is 5.13 Å². The molecule has 1 saturated heterocycles. The highest BCUT2D eigenvalue weighted by atomic mass is 32.1. The first-order chi connectivity index (χ1) is 11.8. The second-order valence-electron chi connectivity index (χ2n) is 5.87. The van der Waals surface area contributed by atoms with Gasteiger partial charge in [-0.3, -0.25) is 10.1 Å². The molecular formula is C16H22N6OS. The minimum atomic E-state index is -0.270. The van der Waals surface area contributed by atoms with Gasteiger partial charge in [-0.15, -0.1) is 10.2 Å². The van der Waals surface area contributed by atoms with Gasteiger partial charge in [0.25, 0.3) is 5.91 Å². The molecule has 1 aliphatic heterocycles. The van der Waals surface area contributed by atoms with Crippen LogP contribution in [0, 0.1) is 0 Å². The lowest BCUT2D eigenvalue weighted by Crippen LogP contribution is -2.30. The standard InChI is InChI=1S/C16H22N6OS/c1-2-3-7-14-20-21-16(24-14)19-15(23)12-10-13(18-11-17-12)22-8-5-4-6-9-22/h10-11H,2-9H2,1H3,(H,19,21,23). The van der Waals surface area contributed by atoms with Crippen LogP contribution in [0.3, 0.4) is 0 Å². The third kappa shape index (κ3) is 4.25. The van der Waals surface area contributed by atoms with E-state index in [2.05, 4.69) is 37.3 Å². The predicted octanol–water partition coefficient (Wildman–Crippen LogP) is 2.91. The molecule has 2 aromatic rings. The summed E-state index contributed by atoms with van der Waals surface area (Å²) in [5, 5.41) is 12.4. The number of nitrogens with zero attached hydrogens (tertiary/aromatic N) is 5. The minimum absolute atomic E-state index is 0.270. The summed E-state index contributed by atoms with van der Waals surface area (Å²) in [5.74, 6) is 0.546. The number of hydrogen-bond donors (Lipinski definition) is 1. The fraction of sp³-hybridized carbons (Fsp3) is 0.562. The Hall–Kier alpha value is -2.09. The molecule has 0 aromatic carbocycles. The van der Waals surface area contributed by atoms with Crippen molar-refractivity contribution in [2.24, 2.45) is 0 Å². The molecule has 128 valence electrons. The van der Waals surface area contributed by atoms with Crippen LogP contribution in [-0.2, 0) is 6.42 Å². The van der Waals surface area contributed by atoms with Crippen molar-refractivity contribution in [3.05, 3.63) is 23.1 Å². The number of carbonyl (C=O) groups excluding carboxylic acids is 1. The van der Waals surface area contributed by atoms with Gasteiger partial charge >= 0.3 is 0 Å². The third-order valence-electron chi connectivity index (χ3n) is 4.00. The molecule has 1 amide bonds. The maximum Gasteiger partial charge on any atom is 0.276 e. The third-order valence-corrected chi connectivity index (χ3v) is 4.90. The first-order valence-corrected chi connectivity index (χ1v) is 9.28. The molecule has 0 bridgehead atoms. The highest BCUT2D eigenvalue weighted by molar-refractivity contribution is 7.15. The molecule has 0 atom stereocenters. The van der Waals surface area contributed by atoms with Gasteiger partial charge in [-0.1, -0.05) is 24.7 Å². The zero-order valence-corrected chi connectivity index (χ0v) is 14.7. The van der Waals surface area contributed by atoms with Crippen molar-refractivity contribution in [2.75, 3.05) is 23.3 Å². The number of carbonyl (C=O) groups is 1. The van der Waals surface area contributed by atoms with Crippen molar-refractivity contribution in [3.8, 4) is 0 Å². The molecule has 0 radical (unpaired) electrons. The zero-order valence-electron chi connectivity index (χ0n) is 13.9. The van der Waals surface area contributed by atoms with E-state index in [4.69, 9.17) is 0 Å². The summed E-state index contributed by atoms with van der Waals surface area (Å²) in [5.41, 5.74) is 0.357. The number of anilines is 2. The molecule has 1 N–H and O–H groups in total. The molecule has 1 fully saturated rings. The van der Waals surface area contributed by atoms with Gasteiger partial charge in [0.05, 0.1) is 0 Å². The van der Waals surface area contributed by atoms with Crippen LogP contribution < -0.4 is 10.2 Å². The second kappa shape index (κ2) is 8.14. The number of aromatic nitrogens is 4. The molecule has 24 heavy (non-hydrogen) atoms. The largest absolute Gasteiger partial charge is 0.357 e. The van der Waals surface area contributed by atoms with Gasteiger partial charge in [0, 0.05) is 25.6 Å². The van der Waals surface area contributed by atoms with Gasteiger partial charge in [0.15, 0.2) is 0 Å². The second-order valence-corrected chi connectivity index (χ2v) is 6.93. The Kier molecular flexibility index (Phi) is 5.68. The average Bonchev–Trinajstić information content (AvgIpc) is 3.08. The Balaban J connectivity index is 1.65. The van der Waals surface area contributed by atoms with Crippen molar-refractivity contribution >= 4 is 28.2 Å². The van der Waals surface area contributed by atoms with Crippen LogP contribution in [0.1, 0.15) is 54.5 Å². The van der Waals surface area contributed by atoms with Crippen molar-refractivity contribution in [2.45, 2.75) is 45.4 Å². The molecule has 3 rings (SSSR count). The monoisotopic (exact) mass is 346 g/mol. The molecule has 0 aliphatic carbocycles. The Morgan fingerprint density at radius 3 is 2.88 bits per heavy atom. The van der Waals surface area contributed by atoms with Crippen LogP contribution in [0.4, 0.5) is 10.9 Å². The quantitative estimate of drug-likeness (QED) is 0.866. The number of amides is 1. The summed E-state index contributed by atoms with van der Waals surface area (Å²) < 4.78 is 0. The van der Waals surface area contributed by atoms with E-state index >= 15 is 0 Å². The summed E-state index contributed by atoms with van der Waals surface area (Å²) in [4.78, 5) is 23.0. The number of unbranched alkanes of at least 4 members (excludes halogenated alkanes) is 1. The van der Waals surface area contributed by atoms with E-state index in [9.17, 15) is 4.79 Å². The van der Waals surface area contributed by atoms with Crippen LogP contribution >= 0.6 is 11.3 Å². The van der Waals surface area contributed by atoms with Crippen LogP contribution in [0.15, 0.2) is 12.4 Å². The number of nitrogens with one attached hydrogen (secondary N) is 1. The summed E-state index contributed by atoms with van der Waals surface area (Å²) >= 11 is 1.42. The Labute approximate surface area is 145 Å². The maximum atomic E-state index is 12.4. The Bertz CT molecular complexity index is 683. The van der Waals surface area contributed by atoms with E-state index in [0.717, 1.165) is 56.0 Å². The van der Waals surface area contributed by atoms with Crippen molar-refractivity contribution in [1.82, 2.24) is 20.2 Å². The van der Waals surface area contributed by atoms with E-state index in [-0.39, 0.29) is 5.91 Å². The van der Waals surface area contributed by atoms with Crippen LogP contribution in [0.25, 0.3) is 0 Å². The van der Waals surface area contributed by atoms with E-state index < -0.39 is 0 Å². The zero-order chi connectivity index (χ0) is 16.8. The highest BCUT2D eigenvalue weighted by Gasteiger charge is 2.16. The molecular weight excluding hydrogens is 324 g/mol. The van der Waals surface area contributed by atoms with Crippen LogP contribution in [-0.4, -0.2) is 39.2 Å². The van der Waals surface area contributed by atoms with Crippen LogP contribution in [0.5, 0.6) is 0 Å². The SMILES string of the molecule is CCCCc1nnc(NC(=O)c2cc(N3CCCCC3)ncn2)s1. The average molecular weight is 346 g/mol. The van der Waals surface area contributed by atoms with Gasteiger partial charge in [-0.25, -0.2) is 9.97 Å². The van der Waals surface area contributed by atoms with E-state index in [1.165, 1.54) is 24.1 Å². The summed E-state index contributed by atoms with van der Waals surface area (Å²) in [7, 11) is 0. The topological polar surface area (TPSA) is 83.9 Å². The number of rotatable bonds is 6. The van der Waals surface area contributed by atoms with Crippen molar-refractivity contribution in [1.29, 1.82) is 0 Å². The summed E-state index contributed by atoms with van der Waals surface area (Å²) in [6.45, 7) is 4.10. The van der Waals surface area contributed by atoms with E-state index in [1.54, 1.807) is 6.07 Å². The first-order valence-electron chi connectivity index (χ1n) is 8.47. The van der Waals surface area contributed by atoms with Crippen LogP contribution in [0.2, 0.25) is 0 Å². The lowest BCUT2D eigenvalue weighted by atomic mass is 10.1. The molecule has 0 unspecified atom stereocenters. The molecule has 0 saturated carbocycles. The smallest absolute Gasteiger partial charge is 0.276 e. The first kappa shape index (κ1) is 16.8. The van der Waals surface area contributed by atoms with Gasteiger partial charge in [0.1, 0.15) is 22.8 Å². The summed E-state index contributed by atoms with van der Waals surface area (Å²) in [6, 6.07) is 1.75. The van der Waals surface area contributed by atoms with Crippen molar-refractivity contribution < 1.29 is 4.79 Å². The molecule has 0 spiro atoms. The molecule has 3 heterocycles. The van der Waals surface area contributed by atoms with E-state index in [0.29, 0.717) is 10.8 Å². The van der Waals surface area contributed by atoms with Gasteiger partial charge < -0.3 is 4.90 Å². The number of piperidine rings is 1. The Morgan fingerprint density at radius 2 is 2.08 bits per heavy atom. The molecule has 2 aromatic heterocycles. The van der Waals surface area contributed by atoms with Gasteiger partial charge in [-0.05, 0) is 25.7 Å². The summed E-state index contributed by atoms with van der Waals surface area (Å²) in [6.07, 6.45) is 8.12. The number of hydrogen-bond acceptors (Lipinski definition) is 7. The number of aryl methyl sites for hydroxylation is 1. The van der Waals surface area contributed by atoms with Crippen molar-refractivity contribution in [3.63, 3.8) is 0 Å². The minimum Gasteiger partial charge on any atom is -0.357 e. The lowest BCUT2D eigenvalue weighted by molar-refractivity contribution is 0.102. The maximum absolute atomic E-state index is 12.4. The molecule has 1 aliphatic rings. The van der Waals surface area contributed by atoms with Gasteiger partial charge in [-0.2, -0.15) is 0 Å². The van der Waals surface area contributed by atoms with E-state index in [1.807, 2.05) is 0 Å². The molecule has 8 heteroatoms. The Morgan fingerprint density at radius 1 is 1.25 bits per heavy atom. The fourth-order valence-corrected chi connectivity index (χ4v) is 3.44. The predicted molar refractivity (Wildman–Crippen MR) is 94.6 cm³/mol. The lowest BCUT2D eigenvalue weighted by Gasteiger charge is -2.27. The molecule has 7 nitrogen and oxygen atoms in total. The fourth-order valence-electron chi connectivity index (χ4n) is 2.66.